The second-order valence-corrected chi connectivity index (χ2v) is 6.41. The maximum Gasteiger partial charge on any atom is 0.425 e. The maximum atomic E-state index is 13.2. The minimum atomic E-state index is -5.05. The van der Waals surface area contributed by atoms with Crippen molar-refractivity contribution in [2.24, 2.45) is 0 Å². The highest BCUT2D eigenvalue weighted by molar-refractivity contribution is 7.11. The second-order valence-electron chi connectivity index (χ2n) is 5.09. The van der Waals surface area contributed by atoms with Gasteiger partial charge in [0, 0.05) is 11.1 Å². The number of nitrogens with zero attached hydrogens (tertiary/aromatic N) is 1. The molecule has 2 heterocycles. The molecule has 0 saturated carbocycles. The number of furan rings is 1. The molecule has 2 aromatic heterocycles. The minimum Gasteiger partial charge on any atom is -0.463 e. The smallest absolute Gasteiger partial charge is 0.425 e. The van der Waals surface area contributed by atoms with E-state index in [9.17, 15) is 23.1 Å². The molecule has 2 N–H and O–H groups in total. The van der Waals surface area contributed by atoms with Crippen LogP contribution in [-0.2, 0) is 16.9 Å². The minimum absolute atomic E-state index is 0.00244. The van der Waals surface area contributed by atoms with Gasteiger partial charge in [-0.3, -0.25) is 4.79 Å². The van der Waals surface area contributed by atoms with Crippen LogP contribution in [0.2, 0.25) is 0 Å². The zero-order valence-corrected chi connectivity index (χ0v) is 13.2. The van der Waals surface area contributed by atoms with Gasteiger partial charge in [-0.15, -0.1) is 11.3 Å². The first-order valence-corrected chi connectivity index (χ1v) is 7.47. The lowest BCUT2D eigenvalue weighted by molar-refractivity contribution is -0.273. The van der Waals surface area contributed by atoms with Crippen LogP contribution in [0.1, 0.15) is 27.8 Å². The lowest BCUT2D eigenvalue weighted by Gasteiger charge is -2.27. The third kappa shape index (κ3) is 3.91. The lowest BCUT2D eigenvalue weighted by Crippen LogP contribution is -2.45. The molecule has 9 heteroatoms. The van der Waals surface area contributed by atoms with Gasteiger partial charge >= 0.3 is 6.18 Å². The summed E-state index contributed by atoms with van der Waals surface area (Å²) in [5, 5.41) is 12.9. The van der Waals surface area contributed by atoms with Crippen LogP contribution in [0, 0.1) is 13.8 Å². The first-order chi connectivity index (χ1) is 10.6. The summed E-state index contributed by atoms with van der Waals surface area (Å²) >= 11 is 1.32. The quantitative estimate of drug-likeness (QED) is 0.871. The van der Waals surface area contributed by atoms with Gasteiger partial charge in [0.25, 0.3) is 0 Å². The molecule has 0 bridgehead atoms. The van der Waals surface area contributed by atoms with Crippen molar-refractivity contribution in [3.63, 3.8) is 0 Å². The summed E-state index contributed by atoms with van der Waals surface area (Å²) in [6.45, 7) is 3.28. The Morgan fingerprint density at radius 2 is 2.09 bits per heavy atom. The molecule has 0 fully saturated rings. The zero-order valence-electron chi connectivity index (χ0n) is 12.4. The molecule has 5 nitrogen and oxygen atoms in total. The average Bonchev–Trinajstić information content (AvgIpc) is 3.04. The van der Waals surface area contributed by atoms with Crippen LogP contribution in [-0.4, -0.2) is 22.2 Å². The van der Waals surface area contributed by atoms with Crippen molar-refractivity contribution < 1.29 is 27.5 Å². The van der Waals surface area contributed by atoms with Gasteiger partial charge in [-0.1, -0.05) is 0 Å². The number of aromatic nitrogens is 1. The van der Waals surface area contributed by atoms with Crippen molar-refractivity contribution in [1.29, 1.82) is 0 Å². The summed E-state index contributed by atoms with van der Waals surface area (Å²) in [6, 6.07) is 2.31. The summed E-state index contributed by atoms with van der Waals surface area (Å²) in [4.78, 5) is 16.7. The number of hydrogen-bond donors (Lipinski definition) is 2. The standard InChI is InChI=1S/C14H15F3N2O3S/c1-8-3-4-10(22-8)13(21,14(15,16)17)5-11(20)18-7-12-19-6-9(2)23-12/h3-4,6,21H,5,7H2,1-2H3,(H,18,20)/t13-/m0/s1. The van der Waals surface area contributed by atoms with Gasteiger partial charge in [0.15, 0.2) is 0 Å². The van der Waals surface area contributed by atoms with Gasteiger partial charge in [-0.25, -0.2) is 4.98 Å². The monoisotopic (exact) mass is 348 g/mol. The van der Waals surface area contributed by atoms with Crippen LogP contribution in [0.25, 0.3) is 0 Å². The summed E-state index contributed by atoms with van der Waals surface area (Å²) in [6.07, 6.45) is -4.63. The van der Waals surface area contributed by atoms with Crippen LogP contribution in [0.15, 0.2) is 22.7 Å². The van der Waals surface area contributed by atoms with Crippen molar-refractivity contribution in [3.8, 4) is 0 Å². The van der Waals surface area contributed by atoms with Gasteiger partial charge in [0.2, 0.25) is 11.5 Å². The number of aliphatic hydroxyl groups is 1. The number of aryl methyl sites for hydroxylation is 2. The molecule has 0 unspecified atom stereocenters. The summed E-state index contributed by atoms with van der Waals surface area (Å²) in [5.74, 6) is -1.45. The Bertz CT molecular complexity index is 695. The van der Waals surface area contributed by atoms with E-state index in [0.29, 0.717) is 5.01 Å². The Morgan fingerprint density at radius 1 is 1.39 bits per heavy atom. The van der Waals surface area contributed by atoms with E-state index in [2.05, 4.69) is 10.3 Å². The number of carbonyl (C=O) groups excluding carboxylic acids is 1. The molecule has 0 aliphatic carbocycles. The molecule has 1 atom stereocenters. The number of amides is 1. The fraction of sp³-hybridized carbons (Fsp3) is 0.429. The molecule has 23 heavy (non-hydrogen) atoms. The van der Waals surface area contributed by atoms with E-state index in [-0.39, 0.29) is 12.3 Å². The Hall–Kier alpha value is -1.87. The van der Waals surface area contributed by atoms with E-state index >= 15 is 0 Å². The van der Waals surface area contributed by atoms with Crippen molar-refractivity contribution >= 4 is 17.2 Å². The highest BCUT2D eigenvalue weighted by Crippen LogP contribution is 2.42. The first-order valence-electron chi connectivity index (χ1n) is 6.66. The number of carbonyl (C=O) groups is 1. The number of thiazole rings is 1. The maximum absolute atomic E-state index is 13.2. The molecule has 2 aromatic rings. The Balaban J connectivity index is 2.10. The predicted molar refractivity (Wildman–Crippen MR) is 76.7 cm³/mol. The molecule has 0 radical (unpaired) electrons. The predicted octanol–water partition coefficient (Wildman–Crippen LogP) is 2.81. The third-order valence-corrected chi connectivity index (χ3v) is 4.05. The molecule has 1 amide bonds. The largest absolute Gasteiger partial charge is 0.463 e. The van der Waals surface area contributed by atoms with Gasteiger partial charge in [0.1, 0.15) is 16.5 Å². The van der Waals surface area contributed by atoms with Crippen molar-refractivity contribution in [2.45, 2.75) is 38.6 Å². The lowest BCUT2D eigenvalue weighted by atomic mass is 9.95. The van der Waals surface area contributed by atoms with Gasteiger partial charge in [-0.05, 0) is 26.0 Å². The topological polar surface area (TPSA) is 75.4 Å². The molecule has 0 spiro atoms. The number of nitrogens with one attached hydrogen (secondary N) is 1. The summed E-state index contributed by atoms with van der Waals surface area (Å²) in [5.41, 5.74) is -3.37. The molecule has 0 aliphatic rings. The summed E-state index contributed by atoms with van der Waals surface area (Å²) in [7, 11) is 0. The van der Waals surface area contributed by atoms with E-state index in [4.69, 9.17) is 4.42 Å². The number of rotatable bonds is 5. The molecule has 2 rings (SSSR count). The number of alkyl halides is 3. The van der Waals surface area contributed by atoms with E-state index in [1.54, 1.807) is 6.20 Å². The zero-order chi connectivity index (χ0) is 17.3. The Labute approximate surface area is 134 Å². The van der Waals surface area contributed by atoms with Crippen molar-refractivity contribution in [2.75, 3.05) is 0 Å². The molecular weight excluding hydrogens is 333 g/mol. The normalized spacial score (nSPS) is 14.5. The van der Waals surface area contributed by atoms with E-state index in [1.807, 2.05) is 6.92 Å². The van der Waals surface area contributed by atoms with Crippen molar-refractivity contribution in [3.05, 3.63) is 39.7 Å². The van der Waals surface area contributed by atoms with E-state index in [0.717, 1.165) is 10.9 Å². The average molecular weight is 348 g/mol. The van der Waals surface area contributed by atoms with Gasteiger partial charge in [0.05, 0.1) is 13.0 Å². The SMILES string of the molecule is Cc1ccc([C@@](O)(CC(=O)NCc2ncc(C)s2)C(F)(F)F)o1. The second kappa shape index (κ2) is 6.32. The Morgan fingerprint density at radius 3 is 2.57 bits per heavy atom. The first kappa shape index (κ1) is 17.5. The van der Waals surface area contributed by atoms with Gasteiger partial charge < -0.3 is 14.8 Å². The third-order valence-electron chi connectivity index (χ3n) is 3.14. The highest BCUT2D eigenvalue weighted by Gasteiger charge is 2.58. The molecular formula is C14H15F3N2O3S. The van der Waals surface area contributed by atoms with Gasteiger partial charge in [-0.2, -0.15) is 13.2 Å². The highest BCUT2D eigenvalue weighted by atomic mass is 32.1. The fourth-order valence-electron chi connectivity index (χ4n) is 1.94. The van der Waals surface area contributed by atoms with Crippen LogP contribution in [0.4, 0.5) is 13.2 Å². The molecule has 0 saturated heterocycles. The summed E-state index contributed by atoms with van der Waals surface area (Å²) < 4.78 is 44.6. The van der Waals surface area contributed by atoms with Crippen molar-refractivity contribution in [1.82, 2.24) is 10.3 Å². The van der Waals surface area contributed by atoms with E-state index < -0.39 is 29.9 Å². The van der Waals surface area contributed by atoms with E-state index in [1.165, 1.54) is 24.3 Å². The Kier molecular flexibility index (Phi) is 4.81. The van der Waals surface area contributed by atoms with Crippen LogP contribution < -0.4 is 5.32 Å². The molecule has 0 aromatic carbocycles. The molecule has 0 aliphatic heterocycles. The van der Waals surface area contributed by atoms with Crippen LogP contribution >= 0.6 is 11.3 Å². The number of halogens is 3. The fourth-order valence-corrected chi connectivity index (χ4v) is 2.66. The molecule has 126 valence electrons. The number of hydrogen-bond acceptors (Lipinski definition) is 5. The van der Waals surface area contributed by atoms with Crippen LogP contribution in [0.5, 0.6) is 0 Å². The van der Waals surface area contributed by atoms with Crippen LogP contribution in [0.3, 0.4) is 0 Å².